The minimum atomic E-state index is -3.73. The van der Waals surface area contributed by atoms with Gasteiger partial charge in [0.05, 0.1) is 11.4 Å². The van der Waals surface area contributed by atoms with Crippen LogP contribution in [0.5, 0.6) is 0 Å². The molecule has 0 atom stereocenters. The van der Waals surface area contributed by atoms with Gasteiger partial charge in [0.2, 0.25) is 5.91 Å². The molecule has 0 heterocycles. The van der Waals surface area contributed by atoms with Gasteiger partial charge in [-0.2, -0.15) is 0 Å². The number of likely N-dealkylation sites (N-methyl/N-ethyl adjacent to an activating group) is 1. The SMILES string of the molecule is Cc1ccc(S(=O)(=O)Nc2ccc(C(=O)N(C)CC(=O)NC(C)(C)C)cc2)cc1C. The van der Waals surface area contributed by atoms with Crippen LogP contribution >= 0.6 is 0 Å². The molecule has 0 aliphatic heterocycles. The highest BCUT2D eigenvalue weighted by molar-refractivity contribution is 7.92. The fourth-order valence-electron chi connectivity index (χ4n) is 2.74. The molecule has 0 radical (unpaired) electrons. The van der Waals surface area contributed by atoms with E-state index in [1.165, 1.54) is 29.2 Å². The van der Waals surface area contributed by atoms with E-state index in [1.807, 2.05) is 34.6 Å². The van der Waals surface area contributed by atoms with Gasteiger partial charge in [0.1, 0.15) is 0 Å². The highest BCUT2D eigenvalue weighted by Gasteiger charge is 2.19. The summed E-state index contributed by atoms with van der Waals surface area (Å²) in [4.78, 5) is 26.0. The van der Waals surface area contributed by atoms with E-state index in [0.717, 1.165) is 11.1 Å². The molecule has 7 nitrogen and oxygen atoms in total. The minimum absolute atomic E-state index is 0.0722. The Morgan fingerprint density at radius 2 is 1.57 bits per heavy atom. The fourth-order valence-corrected chi connectivity index (χ4v) is 3.88. The lowest BCUT2D eigenvalue weighted by Crippen LogP contribution is -2.46. The molecule has 0 saturated carbocycles. The minimum Gasteiger partial charge on any atom is -0.350 e. The summed E-state index contributed by atoms with van der Waals surface area (Å²) in [6.07, 6.45) is 0. The molecule has 8 heteroatoms. The molecule has 0 unspecified atom stereocenters. The standard InChI is InChI=1S/C22H29N3O4S/c1-15-7-12-19(13-16(15)2)30(28,29)24-18-10-8-17(9-11-18)21(27)25(6)14-20(26)23-22(3,4)5/h7-13,24H,14H2,1-6H3,(H,23,26). The predicted octanol–water partition coefficient (Wildman–Crippen LogP) is 3.09. The van der Waals surface area contributed by atoms with Crippen molar-refractivity contribution in [2.24, 2.45) is 0 Å². The second kappa shape index (κ2) is 8.87. The Balaban J connectivity index is 2.07. The van der Waals surface area contributed by atoms with E-state index in [0.29, 0.717) is 11.3 Å². The molecule has 0 fully saturated rings. The average Bonchev–Trinajstić information content (AvgIpc) is 2.62. The van der Waals surface area contributed by atoms with Crippen LogP contribution in [0.1, 0.15) is 42.3 Å². The highest BCUT2D eigenvalue weighted by atomic mass is 32.2. The molecule has 2 aromatic carbocycles. The van der Waals surface area contributed by atoms with Crippen molar-refractivity contribution < 1.29 is 18.0 Å². The van der Waals surface area contributed by atoms with Gasteiger partial charge < -0.3 is 10.2 Å². The van der Waals surface area contributed by atoms with E-state index in [9.17, 15) is 18.0 Å². The molecule has 162 valence electrons. The van der Waals surface area contributed by atoms with Crippen LogP contribution in [0.15, 0.2) is 47.4 Å². The van der Waals surface area contributed by atoms with E-state index in [2.05, 4.69) is 10.0 Å². The molecule has 2 N–H and O–H groups in total. The van der Waals surface area contributed by atoms with Gasteiger partial charge in [0.15, 0.2) is 0 Å². The lowest BCUT2D eigenvalue weighted by atomic mass is 10.1. The number of carbonyl (C=O) groups excluding carboxylic acids is 2. The second-order valence-electron chi connectivity index (χ2n) is 8.39. The number of hydrogen-bond donors (Lipinski definition) is 2. The smallest absolute Gasteiger partial charge is 0.261 e. The van der Waals surface area contributed by atoms with Crippen molar-refractivity contribution in [2.45, 2.75) is 45.1 Å². The van der Waals surface area contributed by atoms with Crippen molar-refractivity contribution >= 4 is 27.5 Å². The second-order valence-corrected chi connectivity index (χ2v) is 10.1. The van der Waals surface area contributed by atoms with Crippen LogP contribution in [0, 0.1) is 13.8 Å². The van der Waals surface area contributed by atoms with Crippen molar-refractivity contribution in [1.29, 1.82) is 0 Å². The van der Waals surface area contributed by atoms with E-state index in [1.54, 1.807) is 25.2 Å². The van der Waals surface area contributed by atoms with Gasteiger partial charge in [-0.05, 0) is 82.1 Å². The maximum Gasteiger partial charge on any atom is 0.261 e. The topological polar surface area (TPSA) is 95.6 Å². The summed E-state index contributed by atoms with van der Waals surface area (Å²) in [6, 6.07) is 11.0. The Kier molecular flexibility index (Phi) is 6.92. The number of aryl methyl sites for hydroxylation is 2. The van der Waals surface area contributed by atoms with E-state index in [-0.39, 0.29) is 28.8 Å². The summed E-state index contributed by atoms with van der Waals surface area (Å²) in [5.41, 5.74) is 2.22. The maximum atomic E-state index is 12.6. The number of nitrogens with zero attached hydrogens (tertiary/aromatic N) is 1. The Morgan fingerprint density at radius 3 is 2.10 bits per heavy atom. The summed E-state index contributed by atoms with van der Waals surface area (Å²) in [5, 5.41) is 2.80. The van der Waals surface area contributed by atoms with Crippen LogP contribution in [0.2, 0.25) is 0 Å². The molecule has 2 amide bonds. The molecule has 2 rings (SSSR count). The molecule has 0 spiro atoms. The average molecular weight is 432 g/mol. The quantitative estimate of drug-likeness (QED) is 0.735. The number of anilines is 1. The third-order valence-electron chi connectivity index (χ3n) is 4.41. The lowest BCUT2D eigenvalue weighted by molar-refractivity contribution is -0.122. The van der Waals surface area contributed by atoms with Crippen LogP contribution < -0.4 is 10.0 Å². The first-order valence-electron chi connectivity index (χ1n) is 9.55. The highest BCUT2D eigenvalue weighted by Crippen LogP contribution is 2.19. The zero-order chi connectivity index (χ0) is 22.7. The van der Waals surface area contributed by atoms with Crippen molar-refractivity contribution in [3.8, 4) is 0 Å². The number of hydrogen-bond acceptors (Lipinski definition) is 4. The number of nitrogens with one attached hydrogen (secondary N) is 2. The molecule has 0 saturated heterocycles. The number of sulfonamides is 1. The van der Waals surface area contributed by atoms with Gasteiger partial charge in [-0.1, -0.05) is 6.07 Å². The summed E-state index contributed by atoms with van der Waals surface area (Å²) in [5.74, 6) is -0.584. The van der Waals surface area contributed by atoms with E-state index < -0.39 is 10.0 Å². The molecule has 30 heavy (non-hydrogen) atoms. The molecular formula is C22H29N3O4S. The largest absolute Gasteiger partial charge is 0.350 e. The zero-order valence-corrected chi connectivity index (χ0v) is 19.1. The van der Waals surface area contributed by atoms with Crippen LogP contribution in [0.3, 0.4) is 0 Å². The normalized spacial score (nSPS) is 11.7. The van der Waals surface area contributed by atoms with Crippen molar-refractivity contribution in [2.75, 3.05) is 18.3 Å². The predicted molar refractivity (Wildman–Crippen MR) is 118 cm³/mol. The summed E-state index contributed by atoms with van der Waals surface area (Å²) in [7, 11) is -2.19. The van der Waals surface area contributed by atoms with Gasteiger partial charge in [-0.15, -0.1) is 0 Å². The molecule has 2 aromatic rings. The van der Waals surface area contributed by atoms with Gasteiger partial charge in [0.25, 0.3) is 15.9 Å². The summed E-state index contributed by atoms with van der Waals surface area (Å²) in [6.45, 7) is 9.29. The molecule has 0 bridgehead atoms. The number of benzene rings is 2. The molecule has 0 aliphatic carbocycles. The third-order valence-corrected chi connectivity index (χ3v) is 5.79. The Morgan fingerprint density at radius 1 is 0.967 bits per heavy atom. The van der Waals surface area contributed by atoms with Gasteiger partial charge in [0, 0.05) is 23.8 Å². The maximum absolute atomic E-state index is 12.6. The molecule has 0 aromatic heterocycles. The van der Waals surface area contributed by atoms with Gasteiger partial charge in [-0.25, -0.2) is 8.42 Å². The number of amides is 2. The number of carbonyl (C=O) groups is 2. The Bertz CT molecular complexity index is 1040. The first-order valence-corrected chi connectivity index (χ1v) is 11.0. The lowest BCUT2D eigenvalue weighted by Gasteiger charge is -2.23. The Hall–Kier alpha value is -2.87. The van der Waals surface area contributed by atoms with Crippen LogP contribution in [0.25, 0.3) is 0 Å². The summed E-state index contributed by atoms with van der Waals surface area (Å²) < 4.78 is 27.7. The van der Waals surface area contributed by atoms with E-state index >= 15 is 0 Å². The van der Waals surface area contributed by atoms with Crippen LogP contribution in [-0.4, -0.2) is 44.3 Å². The first kappa shape index (κ1) is 23.4. The Labute approximate surface area is 178 Å². The van der Waals surface area contributed by atoms with Crippen LogP contribution in [-0.2, 0) is 14.8 Å². The van der Waals surface area contributed by atoms with Gasteiger partial charge >= 0.3 is 0 Å². The van der Waals surface area contributed by atoms with E-state index in [4.69, 9.17) is 0 Å². The zero-order valence-electron chi connectivity index (χ0n) is 18.2. The molecule has 0 aliphatic rings. The van der Waals surface area contributed by atoms with Crippen molar-refractivity contribution in [1.82, 2.24) is 10.2 Å². The van der Waals surface area contributed by atoms with Crippen molar-refractivity contribution in [3.05, 3.63) is 59.2 Å². The first-order chi connectivity index (χ1) is 13.8. The summed E-state index contributed by atoms with van der Waals surface area (Å²) >= 11 is 0. The van der Waals surface area contributed by atoms with Gasteiger partial charge in [-0.3, -0.25) is 14.3 Å². The fraction of sp³-hybridized carbons (Fsp3) is 0.364. The van der Waals surface area contributed by atoms with Crippen LogP contribution in [0.4, 0.5) is 5.69 Å². The monoisotopic (exact) mass is 431 g/mol. The number of rotatable bonds is 6. The third kappa shape index (κ3) is 6.32. The van der Waals surface area contributed by atoms with Crippen molar-refractivity contribution in [3.63, 3.8) is 0 Å². The molecular weight excluding hydrogens is 402 g/mol.